The van der Waals surface area contributed by atoms with Gasteiger partial charge in [0.05, 0.1) is 0 Å². The van der Waals surface area contributed by atoms with Gasteiger partial charge in [-0.2, -0.15) is 0 Å². The molecule has 0 saturated carbocycles. The van der Waals surface area contributed by atoms with Crippen LogP contribution in [0.15, 0.2) is 18.2 Å². The van der Waals surface area contributed by atoms with Crippen molar-refractivity contribution >= 4 is 17.5 Å². The van der Waals surface area contributed by atoms with Crippen LogP contribution < -0.4 is 16.6 Å². The molecule has 2 amide bonds. The molecule has 5 nitrogen and oxygen atoms in total. The molecule has 1 aromatic rings. The minimum Gasteiger partial charge on any atom is -0.325 e. The molecule has 0 aliphatic heterocycles. The predicted molar refractivity (Wildman–Crippen MR) is 61.5 cm³/mol. The highest BCUT2D eigenvalue weighted by molar-refractivity contribution is 6.03. The molecule has 0 heterocycles. The van der Waals surface area contributed by atoms with Crippen molar-refractivity contribution in [3.8, 4) is 0 Å². The van der Waals surface area contributed by atoms with Crippen LogP contribution in [-0.2, 0) is 9.59 Å². The third-order valence-electron chi connectivity index (χ3n) is 2.36. The fourth-order valence-electron chi connectivity index (χ4n) is 1.28. The van der Waals surface area contributed by atoms with Crippen LogP contribution in [0.2, 0.25) is 0 Å². The summed E-state index contributed by atoms with van der Waals surface area (Å²) in [7, 11) is 0. The molecule has 0 unspecified atom stereocenters. The van der Waals surface area contributed by atoms with Crippen molar-refractivity contribution in [2.45, 2.75) is 20.3 Å². The minimum atomic E-state index is -0.511. The molecule has 86 valence electrons. The van der Waals surface area contributed by atoms with E-state index in [2.05, 4.69) is 5.32 Å². The Morgan fingerprint density at radius 1 is 1.25 bits per heavy atom. The van der Waals surface area contributed by atoms with E-state index in [1.54, 1.807) is 6.07 Å². The summed E-state index contributed by atoms with van der Waals surface area (Å²) in [6.07, 6.45) is -0.274. The summed E-state index contributed by atoms with van der Waals surface area (Å²) in [5, 5.41) is 2.66. The van der Waals surface area contributed by atoms with E-state index in [1.807, 2.05) is 31.4 Å². The molecule has 0 aliphatic rings. The summed E-state index contributed by atoms with van der Waals surface area (Å²) in [6.45, 7) is 3.87. The third kappa shape index (κ3) is 3.06. The molecule has 0 fully saturated rings. The number of carbonyl (C=O) groups is 2. The smallest absolute Gasteiger partial charge is 0.243 e. The second-order valence-electron chi connectivity index (χ2n) is 3.54. The van der Waals surface area contributed by atoms with Crippen molar-refractivity contribution in [2.24, 2.45) is 5.84 Å². The first-order valence-electron chi connectivity index (χ1n) is 4.90. The Morgan fingerprint density at radius 3 is 2.56 bits per heavy atom. The lowest BCUT2D eigenvalue weighted by Gasteiger charge is -2.09. The standard InChI is InChI=1S/C11H15N3O2/c1-7-4-3-5-9(8(7)2)13-10(15)6-11(16)14-12/h3-5H,6,12H2,1-2H3,(H,13,15)(H,14,16). The van der Waals surface area contributed by atoms with Crippen LogP contribution in [0.25, 0.3) is 0 Å². The van der Waals surface area contributed by atoms with E-state index in [0.717, 1.165) is 16.8 Å². The van der Waals surface area contributed by atoms with E-state index < -0.39 is 5.91 Å². The molecule has 0 aliphatic carbocycles. The Hall–Kier alpha value is -1.88. The van der Waals surface area contributed by atoms with Crippen LogP contribution >= 0.6 is 0 Å². The van der Waals surface area contributed by atoms with Gasteiger partial charge in [0, 0.05) is 5.69 Å². The zero-order chi connectivity index (χ0) is 12.1. The zero-order valence-electron chi connectivity index (χ0n) is 9.33. The monoisotopic (exact) mass is 221 g/mol. The quantitative estimate of drug-likeness (QED) is 0.303. The van der Waals surface area contributed by atoms with E-state index >= 15 is 0 Å². The van der Waals surface area contributed by atoms with Crippen LogP contribution in [0.1, 0.15) is 17.5 Å². The Balaban J connectivity index is 2.70. The Labute approximate surface area is 94.0 Å². The maximum Gasteiger partial charge on any atom is 0.243 e. The van der Waals surface area contributed by atoms with E-state index in [-0.39, 0.29) is 12.3 Å². The lowest BCUT2D eigenvalue weighted by atomic mass is 10.1. The number of aryl methyl sites for hydroxylation is 1. The van der Waals surface area contributed by atoms with Gasteiger partial charge in [0.15, 0.2) is 0 Å². The highest BCUT2D eigenvalue weighted by atomic mass is 16.2. The van der Waals surface area contributed by atoms with Crippen LogP contribution in [0.4, 0.5) is 5.69 Å². The number of hydrogen-bond donors (Lipinski definition) is 3. The van der Waals surface area contributed by atoms with Crippen molar-refractivity contribution < 1.29 is 9.59 Å². The Morgan fingerprint density at radius 2 is 1.94 bits per heavy atom. The maximum absolute atomic E-state index is 11.4. The van der Waals surface area contributed by atoms with Gasteiger partial charge in [-0.25, -0.2) is 5.84 Å². The van der Waals surface area contributed by atoms with Crippen molar-refractivity contribution in [3.63, 3.8) is 0 Å². The van der Waals surface area contributed by atoms with Crippen molar-refractivity contribution in [2.75, 3.05) is 5.32 Å². The molecule has 5 heteroatoms. The summed E-state index contributed by atoms with van der Waals surface area (Å²) >= 11 is 0. The maximum atomic E-state index is 11.4. The molecule has 16 heavy (non-hydrogen) atoms. The number of hydrogen-bond acceptors (Lipinski definition) is 3. The number of benzene rings is 1. The fourth-order valence-corrected chi connectivity index (χ4v) is 1.28. The number of carbonyl (C=O) groups excluding carboxylic acids is 2. The molecule has 0 bridgehead atoms. The van der Waals surface area contributed by atoms with Crippen molar-refractivity contribution in [1.29, 1.82) is 0 Å². The molecular formula is C11H15N3O2. The van der Waals surface area contributed by atoms with Gasteiger partial charge in [0.25, 0.3) is 0 Å². The van der Waals surface area contributed by atoms with E-state index in [1.165, 1.54) is 0 Å². The molecule has 1 rings (SSSR count). The lowest BCUT2D eigenvalue weighted by molar-refractivity contribution is -0.126. The van der Waals surface area contributed by atoms with Gasteiger partial charge in [0.1, 0.15) is 6.42 Å². The number of hydrazine groups is 1. The highest BCUT2D eigenvalue weighted by Crippen LogP contribution is 2.17. The molecule has 0 aromatic heterocycles. The predicted octanol–water partition coefficient (Wildman–Crippen LogP) is 0.622. The summed E-state index contributed by atoms with van der Waals surface area (Å²) < 4.78 is 0. The summed E-state index contributed by atoms with van der Waals surface area (Å²) in [6, 6.07) is 5.60. The molecule has 4 N–H and O–H groups in total. The minimum absolute atomic E-state index is 0.274. The normalized spacial score (nSPS) is 9.69. The van der Waals surface area contributed by atoms with E-state index in [9.17, 15) is 9.59 Å². The first kappa shape index (κ1) is 12.2. The van der Waals surface area contributed by atoms with E-state index in [0.29, 0.717) is 0 Å². The van der Waals surface area contributed by atoms with Gasteiger partial charge < -0.3 is 5.32 Å². The van der Waals surface area contributed by atoms with Crippen LogP contribution in [-0.4, -0.2) is 11.8 Å². The summed E-state index contributed by atoms with van der Waals surface area (Å²) in [5.41, 5.74) is 4.70. The SMILES string of the molecule is Cc1cccc(NC(=O)CC(=O)NN)c1C. The van der Waals surface area contributed by atoms with Crippen LogP contribution in [0.5, 0.6) is 0 Å². The first-order valence-corrected chi connectivity index (χ1v) is 4.90. The zero-order valence-corrected chi connectivity index (χ0v) is 9.33. The summed E-state index contributed by atoms with van der Waals surface area (Å²) in [5.74, 6) is 4.00. The van der Waals surface area contributed by atoms with Gasteiger partial charge in [-0.15, -0.1) is 0 Å². The second-order valence-corrected chi connectivity index (χ2v) is 3.54. The van der Waals surface area contributed by atoms with Gasteiger partial charge in [0.2, 0.25) is 11.8 Å². The lowest BCUT2D eigenvalue weighted by Crippen LogP contribution is -2.33. The molecule has 1 aromatic carbocycles. The number of anilines is 1. The Kier molecular flexibility index (Phi) is 4.02. The number of rotatable bonds is 3. The number of amides is 2. The van der Waals surface area contributed by atoms with E-state index in [4.69, 9.17) is 5.84 Å². The molecule has 0 spiro atoms. The molecule has 0 atom stereocenters. The summed E-state index contributed by atoms with van der Waals surface area (Å²) in [4.78, 5) is 22.3. The van der Waals surface area contributed by atoms with Crippen LogP contribution in [0, 0.1) is 13.8 Å². The topological polar surface area (TPSA) is 84.2 Å². The highest BCUT2D eigenvalue weighted by Gasteiger charge is 2.09. The van der Waals surface area contributed by atoms with Crippen molar-refractivity contribution in [1.82, 2.24) is 5.43 Å². The number of nitrogens with one attached hydrogen (secondary N) is 2. The molecular weight excluding hydrogens is 206 g/mol. The fraction of sp³-hybridized carbons (Fsp3) is 0.273. The van der Waals surface area contributed by atoms with Gasteiger partial charge in [-0.1, -0.05) is 12.1 Å². The Bertz CT molecular complexity index is 416. The first-order chi connectivity index (χ1) is 7.54. The number of nitrogens with two attached hydrogens (primary N) is 1. The average Bonchev–Trinajstić information content (AvgIpc) is 2.24. The second kappa shape index (κ2) is 5.27. The van der Waals surface area contributed by atoms with Gasteiger partial charge >= 0.3 is 0 Å². The largest absolute Gasteiger partial charge is 0.325 e. The van der Waals surface area contributed by atoms with Gasteiger partial charge in [-0.05, 0) is 31.0 Å². The van der Waals surface area contributed by atoms with Gasteiger partial charge in [-0.3, -0.25) is 15.0 Å². The van der Waals surface area contributed by atoms with Crippen LogP contribution in [0.3, 0.4) is 0 Å². The third-order valence-corrected chi connectivity index (χ3v) is 2.36. The molecule has 0 saturated heterocycles. The molecule has 0 radical (unpaired) electrons. The average molecular weight is 221 g/mol. The van der Waals surface area contributed by atoms with Crippen molar-refractivity contribution in [3.05, 3.63) is 29.3 Å².